The topological polar surface area (TPSA) is 77.8 Å². The fraction of sp³-hybridized carbons (Fsp3) is 0.444. The molecule has 1 fully saturated rings. The number of amides is 1. The smallest absolute Gasteiger partial charge is 0.336 e. The van der Waals surface area contributed by atoms with Gasteiger partial charge >= 0.3 is 5.63 Å². The van der Waals surface area contributed by atoms with E-state index >= 15 is 0 Å². The molecule has 0 bridgehead atoms. The van der Waals surface area contributed by atoms with Crippen LogP contribution in [-0.4, -0.2) is 32.3 Å². The number of hydrogen-bond donors (Lipinski definition) is 1. The maximum Gasteiger partial charge on any atom is 0.336 e. The van der Waals surface area contributed by atoms with Gasteiger partial charge in [-0.3, -0.25) is 4.79 Å². The van der Waals surface area contributed by atoms with Crippen molar-refractivity contribution < 1.29 is 18.7 Å². The maximum atomic E-state index is 11.7. The van der Waals surface area contributed by atoms with E-state index in [1.165, 1.54) is 18.9 Å². The lowest BCUT2D eigenvalue weighted by Crippen LogP contribution is -2.30. The Bertz CT molecular complexity index is 750. The van der Waals surface area contributed by atoms with Gasteiger partial charge < -0.3 is 19.2 Å². The molecule has 2 aromatic rings. The first kappa shape index (κ1) is 16.5. The molecule has 3 rings (SSSR count). The van der Waals surface area contributed by atoms with Gasteiger partial charge in [0.05, 0.1) is 0 Å². The zero-order valence-corrected chi connectivity index (χ0v) is 13.5. The van der Waals surface area contributed by atoms with Crippen molar-refractivity contribution in [3.63, 3.8) is 0 Å². The quantitative estimate of drug-likeness (QED) is 0.562. The van der Waals surface area contributed by atoms with Crippen molar-refractivity contribution >= 4 is 16.9 Å². The van der Waals surface area contributed by atoms with Gasteiger partial charge in [-0.05, 0) is 43.4 Å². The van der Waals surface area contributed by atoms with Crippen molar-refractivity contribution in [3.05, 3.63) is 40.8 Å². The predicted octanol–water partition coefficient (Wildman–Crippen LogP) is 2.10. The van der Waals surface area contributed by atoms with Gasteiger partial charge in [0.15, 0.2) is 6.61 Å². The molecule has 0 atom stereocenters. The highest BCUT2D eigenvalue weighted by Gasteiger charge is 2.20. The molecule has 0 spiro atoms. The number of nitrogens with one attached hydrogen (secondary N) is 1. The lowest BCUT2D eigenvalue weighted by molar-refractivity contribution is -0.123. The summed E-state index contributed by atoms with van der Waals surface area (Å²) < 4.78 is 16.0. The SMILES string of the molecule is O=C(COc1ccc2ccc(=O)oc2c1)NCCCOCC1CC1. The van der Waals surface area contributed by atoms with Crippen LogP contribution in [0.3, 0.4) is 0 Å². The number of rotatable bonds is 9. The van der Waals surface area contributed by atoms with Gasteiger partial charge in [-0.1, -0.05) is 0 Å². The molecule has 1 aliphatic carbocycles. The van der Waals surface area contributed by atoms with Gasteiger partial charge in [-0.15, -0.1) is 0 Å². The van der Waals surface area contributed by atoms with E-state index in [4.69, 9.17) is 13.9 Å². The molecule has 1 N–H and O–H groups in total. The Morgan fingerprint density at radius 2 is 2.08 bits per heavy atom. The summed E-state index contributed by atoms with van der Waals surface area (Å²) in [6.07, 6.45) is 3.36. The normalized spacial score (nSPS) is 13.8. The van der Waals surface area contributed by atoms with Crippen LogP contribution in [0.25, 0.3) is 11.0 Å². The van der Waals surface area contributed by atoms with Crippen molar-refractivity contribution in [1.29, 1.82) is 0 Å². The van der Waals surface area contributed by atoms with Gasteiger partial charge in [0.25, 0.3) is 5.91 Å². The summed E-state index contributed by atoms with van der Waals surface area (Å²) in [4.78, 5) is 22.9. The van der Waals surface area contributed by atoms with E-state index in [0.29, 0.717) is 24.5 Å². The highest BCUT2D eigenvalue weighted by Crippen LogP contribution is 2.28. The van der Waals surface area contributed by atoms with Gasteiger partial charge in [0.1, 0.15) is 11.3 Å². The summed E-state index contributed by atoms with van der Waals surface area (Å²) in [6, 6.07) is 8.17. The molecule has 1 aromatic carbocycles. The summed E-state index contributed by atoms with van der Waals surface area (Å²) in [5, 5.41) is 3.59. The van der Waals surface area contributed by atoms with E-state index in [-0.39, 0.29) is 12.5 Å². The van der Waals surface area contributed by atoms with Crippen LogP contribution < -0.4 is 15.7 Å². The van der Waals surface area contributed by atoms with Crippen LogP contribution in [0.2, 0.25) is 0 Å². The molecular formula is C18H21NO5. The Morgan fingerprint density at radius 3 is 2.92 bits per heavy atom. The van der Waals surface area contributed by atoms with Gasteiger partial charge in [-0.25, -0.2) is 4.79 Å². The second kappa shape index (κ2) is 7.97. The molecule has 128 valence electrons. The second-order valence-corrected chi connectivity index (χ2v) is 5.96. The Balaban J connectivity index is 1.36. The number of ether oxygens (including phenoxy) is 2. The molecule has 6 heteroatoms. The molecular weight excluding hydrogens is 310 g/mol. The summed E-state index contributed by atoms with van der Waals surface area (Å²) in [5.74, 6) is 1.06. The monoisotopic (exact) mass is 331 g/mol. The van der Waals surface area contributed by atoms with Crippen LogP contribution in [0.4, 0.5) is 0 Å². The number of carbonyl (C=O) groups is 1. The van der Waals surface area contributed by atoms with E-state index in [9.17, 15) is 9.59 Å². The van der Waals surface area contributed by atoms with E-state index in [1.807, 2.05) is 0 Å². The average molecular weight is 331 g/mol. The molecule has 1 aliphatic rings. The zero-order valence-electron chi connectivity index (χ0n) is 13.5. The van der Waals surface area contributed by atoms with Crippen LogP contribution in [-0.2, 0) is 9.53 Å². The molecule has 6 nitrogen and oxygen atoms in total. The number of fused-ring (bicyclic) bond motifs is 1. The fourth-order valence-corrected chi connectivity index (χ4v) is 2.27. The molecule has 24 heavy (non-hydrogen) atoms. The van der Waals surface area contributed by atoms with Gasteiger partial charge in [-0.2, -0.15) is 0 Å². The molecule has 0 saturated heterocycles. The summed E-state index contributed by atoms with van der Waals surface area (Å²) in [7, 11) is 0. The zero-order chi connectivity index (χ0) is 16.8. The van der Waals surface area contributed by atoms with Gasteiger partial charge in [0, 0.05) is 37.3 Å². The minimum atomic E-state index is -0.415. The summed E-state index contributed by atoms with van der Waals surface area (Å²) in [6.45, 7) is 2.00. The van der Waals surface area contributed by atoms with Crippen molar-refractivity contribution in [2.75, 3.05) is 26.4 Å². The van der Waals surface area contributed by atoms with Crippen LogP contribution >= 0.6 is 0 Å². The molecule has 0 aliphatic heterocycles. The highest BCUT2D eigenvalue weighted by molar-refractivity contribution is 5.79. The third-order valence-corrected chi connectivity index (χ3v) is 3.80. The van der Waals surface area contributed by atoms with E-state index in [1.54, 1.807) is 24.3 Å². The third kappa shape index (κ3) is 5.09. The first-order chi connectivity index (χ1) is 11.7. The first-order valence-corrected chi connectivity index (χ1v) is 8.22. The molecule has 1 amide bonds. The molecule has 1 saturated carbocycles. The molecule has 1 aromatic heterocycles. The molecule has 1 heterocycles. The predicted molar refractivity (Wildman–Crippen MR) is 89.1 cm³/mol. The Labute approximate surface area is 139 Å². The minimum Gasteiger partial charge on any atom is -0.484 e. The Morgan fingerprint density at radius 1 is 1.25 bits per heavy atom. The van der Waals surface area contributed by atoms with Crippen molar-refractivity contribution in [1.82, 2.24) is 5.32 Å². The van der Waals surface area contributed by atoms with Gasteiger partial charge in [0.2, 0.25) is 0 Å². The minimum absolute atomic E-state index is 0.0779. The van der Waals surface area contributed by atoms with Crippen molar-refractivity contribution in [2.24, 2.45) is 5.92 Å². The van der Waals surface area contributed by atoms with Crippen LogP contribution in [0.5, 0.6) is 5.75 Å². The number of benzene rings is 1. The lowest BCUT2D eigenvalue weighted by Gasteiger charge is -2.08. The standard InChI is InChI=1S/C18H21NO5/c20-17(19-8-1-9-22-11-13-2-3-13)12-23-15-6-4-14-5-7-18(21)24-16(14)10-15/h4-7,10,13H,1-3,8-9,11-12H2,(H,19,20). The maximum absolute atomic E-state index is 11.7. The highest BCUT2D eigenvalue weighted by atomic mass is 16.5. The Hall–Kier alpha value is -2.34. The first-order valence-electron chi connectivity index (χ1n) is 8.22. The molecule has 0 unspecified atom stereocenters. The average Bonchev–Trinajstić information content (AvgIpc) is 3.40. The van der Waals surface area contributed by atoms with Crippen LogP contribution in [0.1, 0.15) is 19.3 Å². The van der Waals surface area contributed by atoms with Crippen LogP contribution in [0, 0.1) is 5.92 Å². The largest absolute Gasteiger partial charge is 0.484 e. The van der Waals surface area contributed by atoms with Crippen molar-refractivity contribution in [2.45, 2.75) is 19.3 Å². The lowest BCUT2D eigenvalue weighted by atomic mass is 10.2. The van der Waals surface area contributed by atoms with E-state index in [0.717, 1.165) is 24.3 Å². The third-order valence-electron chi connectivity index (χ3n) is 3.80. The second-order valence-electron chi connectivity index (χ2n) is 5.96. The fourth-order valence-electron chi connectivity index (χ4n) is 2.27. The number of hydrogen-bond acceptors (Lipinski definition) is 5. The van der Waals surface area contributed by atoms with Crippen LogP contribution in [0.15, 0.2) is 39.5 Å². The molecule has 0 radical (unpaired) electrons. The van der Waals surface area contributed by atoms with E-state index < -0.39 is 5.63 Å². The van der Waals surface area contributed by atoms with Crippen molar-refractivity contribution in [3.8, 4) is 5.75 Å². The summed E-state index contributed by atoms with van der Waals surface area (Å²) >= 11 is 0. The van der Waals surface area contributed by atoms with E-state index in [2.05, 4.69) is 5.32 Å². The number of carbonyl (C=O) groups excluding carboxylic acids is 1. The summed E-state index contributed by atoms with van der Waals surface area (Å²) in [5.41, 5.74) is 0.0227. The Kier molecular flexibility index (Phi) is 5.48.